The molecule has 1 saturated carbocycles. The van der Waals surface area contributed by atoms with E-state index in [4.69, 9.17) is 4.99 Å². The first kappa shape index (κ1) is 21.9. The zero-order valence-corrected chi connectivity index (χ0v) is 20.1. The third kappa shape index (κ3) is 4.10. The second-order valence-electron chi connectivity index (χ2n) is 8.95. The van der Waals surface area contributed by atoms with Gasteiger partial charge in [-0.1, -0.05) is 74.7 Å². The van der Waals surface area contributed by atoms with Crippen LogP contribution in [0.5, 0.6) is 0 Å². The lowest BCUT2D eigenvalue weighted by atomic mass is 9.97. The van der Waals surface area contributed by atoms with Gasteiger partial charge in [-0.3, -0.25) is 14.7 Å². The fourth-order valence-electron chi connectivity index (χ4n) is 4.97. The summed E-state index contributed by atoms with van der Waals surface area (Å²) in [6.07, 6.45) is 7.01. The minimum absolute atomic E-state index is 0.202. The molecule has 170 valence electrons. The Labute approximate surface area is 196 Å². The molecule has 1 aromatic heterocycles. The number of carbonyl (C=O) groups excluding carboxylic acids is 1. The first-order valence-corrected chi connectivity index (χ1v) is 12.3. The highest BCUT2D eigenvalue weighted by Gasteiger charge is 2.49. The number of tetrazole rings is 1. The van der Waals surface area contributed by atoms with Crippen molar-refractivity contribution in [3.63, 3.8) is 0 Å². The maximum atomic E-state index is 13.4. The topological polar surface area (TPSA) is 76.3 Å². The molecule has 1 aliphatic heterocycles. The molecule has 33 heavy (non-hydrogen) atoms. The highest BCUT2D eigenvalue weighted by molar-refractivity contribution is 7.14. The Morgan fingerprint density at radius 1 is 1.03 bits per heavy atom. The molecule has 0 N–H and O–H groups in total. The zero-order chi connectivity index (χ0) is 22.8. The van der Waals surface area contributed by atoms with Crippen molar-refractivity contribution in [1.82, 2.24) is 24.9 Å². The first-order valence-electron chi connectivity index (χ1n) is 11.7. The van der Waals surface area contributed by atoms with E-state index in [1.165, 1.54) is 0 Å². The van der Waals surface area contributed by atoms with Crippen LogP contribution in [0.4, 0.5) is 0 Å². The predicted molar refractivity (Wildman–Crippen MR) is 133 cm³/mol. The fraction of sp³-hybridized carbons (Fsp3) is 0.400. The Balaban J connectivity index is 1.39. The van der Waals surface area contributed by atoms with Gasteiger partial charge in [0.15, 0.2) is 5.82 Å². The highest BCUT2D eigenvalue weighted by Crippen LogP contribution is 2.40. The largest absolute Gasteiger partial charge is 0.294 e. The molecule has 3 aromatic rings. The maximum absolute atomic E-state index is 13.4. The third-order valence-corrected chi connectivity index (χ3v) is 7.10. The summed E-state index contributed by atoms with van der Waals surface area (Å²) < 4.78 is 1.60. The standard InChI is InChI=1S/C25H29N6OP/c1-2-3-10-22-26-25(15-6-7-16-25)24(32)30(22)17-18-11-13-19(14-12-18)20-8-4-5-9-21(20)23-27-28-29-31(23)33/h4-5,8-9,11-14H,2-3,6-7,10,15-17,33H2,1H3. The molecule has 5 rings (SSSR count). The Bertz CT molecular complexity index is 1180. The summed E-state index contributed by atoms with van der Waals surface area (Å²) in [6, 6.07) is 16.6. The third-order valence-electron chi connectivity index (χ3n) is 6.75. The summed E-state index contributed by atoms with van der Waals surface area (Å²) in [5, 5.41) is 11.9. The lowest BCUT2D eigenvalue weighted by Gasteiger charge is -2.23. The number of hydrogen-bond donors (Lipinski definition) is 0. The van der Waals surface area contributed by atoms with E-state index >= 15 is 0 Å². The Hall–Kier alpha value is -2.92. The second kappa shape index (κ2) is 9.14. The summed E-state index contributed by atoms with van der Waals surface area (Å²) >= 11 is 0. The number of nitrogens with zero attached hydrogens (tertiary/aromatic N) is 6. The van der Waals surface area contributed by atoms with Gasteiger partial charge in [-0.25, -0.2) is 4.45 Å². The van der Waals surface area contributed by atoms with E-state index in [-0.39, 0.29) is 5.91 Å². The van der Waals surface area contributed by atoms with Crippen LogP contribution in [0.2, 0.25) is 0 Å². The molecule has 2 aliphatic rings. The van der Waals surface area contributed by atoms with Crippen LogP contribution >= 0.6 is 9.39 Å². The number of carbonyl (C=O) groups is 1. The maximum Gasteiger partial charge on any atom is 0.256 e. The van der Waals surface area contributed by atoms with Gasteiger partial charge in [0, 0.05) is 12.0 Å². The van der Waals surface area contributed by atoms with Gasteiger partial charge in [0.25, 0.3) is 5.91 Å². The molecule has 2 aromatic carbocycles. The molecule has 1 aliphatic carbocycles. The fourth-order valence-corrected chi connectivity index (χ4v) is 5.21. The van der Waals surface area contributed by atoms with E-state index in [0.717, 1.165) is 73.0 Å². The molecule has 1 atom stereocenters. The summed E-state index contributed by atoms with van der Waals surface area (Å²) in [5.41, 5.74) is 3.75. The van der Waals surface area contributed by atoms with Gasteiger partial charge in [0.2, 0.25) is 0 Å². The molecule has 0 bridgehead atoms. The summed E-state index contributed by atoms with van der Waals surface area (Å²) in [4.78, 5) is 20.3. The van der Waals surface area contributed by atoms with E-state index in [1.54, 1.807) is 4.45 Å². The quantitative estimate of drug-likeness (QED) is 0.471. The SMILES string of the molecule is CCCCC1=NC2(CCCC2)C(=O)N1Cc1ccc(-c2ccccc2-c2nnnn2P)cc1. The van der Waals surface area contributed by atoms with E-state index in [2.05, 4.69) is 62.2 Å². The number of unbranched alkanes of at least 4 members (excludes halogenated alkanes) is 1. The normalized spacial score (nSPS) is 17.2. The molecule has 2 heterocycles. The summed E-state index contributed by atoms with van der Waals surface area (Å²) in [7, 11) is 2.52. The van der Waals surface area contributed by atoms with Crippen molar-refractivity contribution < 1.29 is 4.79 Å². The van der Waals surface area contributed by atoms with E-state index in [0.29, 0.717) is 12.4 Å². The van der Waals surface area contributed by atoms with Crippen molar-refractivity contribution in [3.8, 4) is 22.5 Å². The van der Waals surface area contributed by atoms with Gasteiger partial charge < -0.3 is 0 Å². The average Bonchev–Trinajstić information content (AvgIpc) is 3.55. The van der Waals surface area contributed by atoms with Gasteiger partial charge in [-0.05, 0) is 55.8 Å². The predicted octanol–water partition coefficient (Wildman–Crippen LogP) is 4.89. The van der Waals surface area contributed by atoms with Gasteiger partial charge in [-0.2, -0.15) is 0 Å². The first-order chi connectivity index (χ1) is 16.1. The smallest absolute Gasteiger partial charge is 0.256 e. The number of benzene rings is 2. The molecule has 0 radical (unpaired) electrons. The molecule has 1 unspecified atom stereocenters. The van der Waals surface area contributed by atoms with Crippen LogP contribution in [0.15, 0.2) is 53.5 Å². The lowest BCUT2D eigenvalue weighted by Crippen LogP contribution is -2.40. The summed E-state index contributed by atoms with van der Waals surface area (Å²) in [6.45, 7) is 2.76. The second-order valence-corrected chi connectivity index (χ2v) is 9.44. The Kier molecular flexibility index (Phi) is 6.07. The lowest BCUT2D eigenvalue weighted by molar-refractivity contribution is -0.131. The Morgan fingerprint density at radius 2 is 1.76 bits per heavy atom. The van der Waals surface area contributed by atoms with E-state index in [9.17, 15) is 4.79 Å². The molecule has 1 amide bonds. The van der Waals surface area contributed by atoms with Crippen molar-refractivity contribution in [3.05, 3.63) is 54.1 Å². The number of aromatic nitrogens is 4. The van der Waals surface area contributed by atoms with Crippen LogP contribution in [-0.4, -0.2) is 42.2 Å². The summed E-state index contributed by atoms with van der Waals surface area (Å²) in [5.74, 6) is 1.87. The van der Waals surface area contributed by atoms with Crippen molar-refractivity contribution in [1.29, 1.82) is 0 Å². The van der Waals surface area contributed by atoms with Crippen molar-refractivity contribution in [2.75, 3.05) is 0 Å². The van der Waals surface area contributed by atoms with Gasteiger partial charge >= 0.3 is 0 Å². The van der Waals surface area contributed by atoms with Gasteiger partial charge in [0.05, 0.1) is 6.54 Å². The van der Waals surface area contributed by atoms with Crippen LogP contribution in [0.25, 0.3) is 22.5 Å². The van der Waals surface area contributed by atoms with Crippen LogP contribution in [0.3, 0.4) is 0 Å². The van der Waals surface area contributed by atoms with Crippen molar-refractivity contribution >= 4 is 21.1 Å². The molecule has 1 fully saturated rings. The van der Waals surface area contributed by atoms with Crippen LogP contribution in [0, 0.1) is 0 Å². The van der Waals surface area contributed by atoms with Crippen LogP contribution < -0.4 is 0 Å². The molecule has 1 spiro atoms. The minimum Gasteiger partial charge on any atom is -0.294 e. The minimum atomic E-state index is -0.482. The zero-order valence-electron chi connectivity index (χ0n) is 18.9. The number of amidine groups is 1. The van der Waals surface area contributed by atoms with E-state index < -0.39 is 5.54 Å². The average molecular weight is 461 g/mol. The number of hydrogen-bond acceptors (Lipinski definition) is 5. The van der Waals surface area contributed by atoms with Crippen LogP contribution in [0.1, 0.15) is 57.4 Å². The van der Waals surface area contributed by atoms with Gasteiger partial charge in [-0.15, -0.1) is 5.10 Å². The van der Waals surface area contributed by atoms with Crippen LogP contribution in [-0.2, 0) is 11.3 Å². The van der Waals surface area contributed by atoms with Gasteiger partial charge in [0.1, 0.15) is 11.4 Å². The van der Waals surface area contributed by atoms with Crippen molar-refractivity contribution in [2.24, 2.45) is 4.99 Å². The van der Waals surface area contributed by atoms with Crippen molar-refractivity contribution in [2.45, 2.75) is 64.0 Å². The highest BCUT2D eigenvalue weighted by atomic mass is 31.0. The molecule has 8 heteroatoms. The monoisotopic (exact) mass is 460 g/mol. The number of amides is 1. The molecular weight excluding hydrogens is 431 g/mol. The number of rotatable bonds is 7. The molecule has 7 nitrogen and oxygen atoms in total. The molecule has 0 saturated heterocycles. The Morgan fingerprint density at radius 3 is 2.42 bits per heavy atom. The number of aliphatic imine (C=N–C) groups is 1. The van der Waals surface area contributed by atoms with E-state index in [1.807, 2.05) is 23.1 Å². The molecular formula is C25H29N6OP.